The van der Waals surface area contributed by atoms with Crippen molar-refractivity contribution in [3.63, 3.8) is 0 Å². The molecular formula is C27H51N3O5. The normalized spacial score (nSPS) is 16.4. The molecule has 35 heavy (non-hydrogen) atoms. The fraction of sp³-hybridized carbons (Fsp3) is 0.889. The van der Waals surface area contributed by atoms with E-state index >= 15 is 0 Å². The van der Waals surface area contributed by atoms with Gasteiger partial charge in [0.2, 0.25) is 11.8 Å². The van der Waals surface area contributed by atoms with Gasteiger partial charge in [0.1, 0.15) is 5.60 Å². The van der Waals surface area contributed by atoms with Gasteiger partial charge in [-0.25, -0.2) is 4.79 Å². The van der Waals surface area contributed by atoms with Gasteiger partial charge >= 0.3 is 6.09 Å². The number of rotatable bonds is 15. The Bertz CT molecular complexity index is 627. The molecule has 0 aromatic heterocycles. The van der Waals surface area contributed by atoms with Crippen molar-refractivity contribution in [2.45, 2.75) is 129 Å². The van der Waals surface area contributed by atoms with E-state index in [1.807, 2.05) is 0 Å². The maximum atomic E-state index is 12.4. The van der Waals surface area contributed by atoms with E-state index in [9.17, 15) is 19.5 Å². The number of aliphatic hydroxyl groups excluding tert-OH is 1. The maximum absolute atomic E-state index is 12.4. The van der Waals surface area contributed by atoms with Crippen molar-refractivity contribution in [1.82, 2.24) is 16.0 Å². The van der Waals surface area contributed by atoms with Gasteiger partial charge in [-0.2, -0.15) is 0 Å². The number of unbranched alkanes of at least 4 members (excludes halogenated alkanes) is 2. The first-order valence-electron chi connectivity index (χ1n) is 13.7. The highest BCUT2D eigenvalue weighted by Gasteiger charge is 2.29. The van der Waals surface area contributed by atoms with Crippen LogP contribution in [0.3, 0.4) is 0 Å². The van der Waals surface area contributed by atoms with E-state index in [0.29, 0.717) is 31.2 Å². The number of alkyl carbamates (subject to hydrolysis) is 1. The zero-order valence-corrected chi connectivity index (χ0v) is 22.8. The Labute approximate surface area is 212 Å². The molecule has 0 aromatic carbocycles. The van der Waals surface area contributed by atoms with Crippen molar-refractivity contribution in [2.75, 3.05) is 13.1 Å². The molecule has 8 nitrogen and oxygen atoms in total. The summed E-state index contributed by atoms with van der Waals surface area (Å²) in [5.74, 6) is 0.861. The highest BCUT2D eigenvalue weighted by molar-refractivity contribution is 5.77. The molecule has 1 saturated carbocycles. The number of hydrogen-bond acceptors (Lipinski definition) is 5. The smallest absolute Gasteiger partial charge is 0.407 e. The first kappa shape index (κ1) is 31.2. The van der Waals surface area contributed by atoms with E-state index in [1.165, 1.54) is 19.3 Å². The first-order chi connectivity index (χ1) is 16.5. The minimum Gasteiger partial charge on any atom is -0.444 e. The topological polar surface area (TPSA) is 117 Å². The molecule has 204 valence electrons. The van der Waals surface area contributed by atoms with E-state index in [-0.39, 0.29) is 18.2 Å². The van der Waals surface area contributed by atoms with Crippen LogP contribution in [-0.2, 0) is 14.3 Å². The van der Waals surface area contributed by atoms with E-state index in [0.717, 1.165) is 45.1 Å². The van der Waals surface area contributed by atoms with Gasteiger partial charge in [0.05, 0.1) is 18.6 Å². The van der Waals surface area contributed by atoms with Crippen LogP contribution in [-0.4, -0.2) is 53.9 Å². The van der Waals surface area contributed by atoms with Crippen LogP contribution in [0.25, 0.3) is 0 Å². The van der Waals surface area contributed by atoms with E-state index in [2.05, 4.69) is 29.8 Å². The van der Waals surface area contributed by atoms with Crippen LogP contribution in [0.15, 0.2) is 0 Å². The second kappa shape index (κ2) is 16.8. The number of carbonyl (C=O) groups excluding carboxylic acids is 3. The van der Waals surface area contributed by atoms with Crippen molar-refractivity contribution >= 4 is 17.9 Å². The fourth-order valence-corrected chi connectivity index (χ4v) is 4.36. The summed E-state index contributed by atoms with van der Waals surface area (Å²) in [6, 6.07) is -0.520. The lowest BCUT2D eigenvalue weighted by Gasteiger charge is -2.31. The zero-order chi connectivity index (χ0) is 26.3. The molecule has 0 unspecified atom stereocenters. The Morgan fingerprint density at radius 1 is 0.943 bits per heavy atom. The molecule has 3 amide bonds. The molecule has 1 fully saturated rings. The van der Waals surface area contributed by atoms with Crippen LogP contribution >= 0.6 is 0 Å². The minimum atomic E-state index is -0.973. The summed E-state index contributed by atoms with van der Waals surface area (Å²) in [6.07, 6.45) is 8.69. The molecule has 1 rings (SSSR count). The zero-order valence-electron chi connectivity index (χ0n) is 22.8. The summed E-state index contributed by atoms with van der Waals surface area (Å²) in [6.45, 7) is 10.9. The van der Waals surface area contributed by atoms with Crippen molar-refractivity contribution < 1.29 is 24.2 Å². The van der Waals surface area contributed by atoms with E-state index < -0.39 is 23.8 Å². The number of amides is 3. The molecule has 4 N–H and O–H groups in total. The Morgan fingerprint density at radius 3 is 2.23 bits per heavy atom. The van der Waals surface area contributed by atoms with Crippen LogP contribution < -0.4 is 16.0 Å². The third kappa shape index (κ3) is 16.5. The second-order valence-corrected chi connectivity index (χ2v) is 11.5. The third-order valence-corrected chi connectivity index (χ3v) is 6.32. The first-order valence-corrected chi connectivity index (χ1v) is 13.7. The maximum Gasteiger partial charge on any atom is 0.407 e. The number of ether oxygens (including phenoxy) is 1. The Morgan fingerprint density at radius 2 is 1.60 bits per heavy atom. The Balaban J connectivity index is 2.36. The molecule has 0 heterocycles. The van der Waals surface area contributed by atoms with Crippen LogP contribution in [0.5, 0.6) is 0 Å². The average molecular weight is 498 g/mol. The summed E-state index contributed by atoms with van der Waals surface area (Å²) in [5, 5.41) is 19.4. The van der Waals surface area contributed by atoms with Gasteiger partial charge in [-0.05, 0) is 58.3 Å². The third-order valence-electron chi connectivity index (χ3n) is 6.32. The summed E-state index contributed by atoms with van der Waals surface area (Å²) >= 11 is 0. The summed E-state index contributed by atoms with van der Waals surface area (Å²) in [4.78, 5) is 36.5. The molecule has 0 aromatic rings. The number of hydrogen-bond donors (Lipinski definition) is 4. The molecule has 2 atom stereocenters. The SMILES string of the molecule is CC(C)CCNC(=O)CCCCCNC(=O)C[C@H](O)[C@H](CC1CCCCC1)NC(=O)OC(C)(C)C. The van der Waals surface area contributed by atoms with Gasteiger partial charge in [-0.1, -0.05) is 52.4 Å². The van der Waals surface area contributed by atoms with Gasteiger partial charge in [0.15, 0.2) is 0 Å². The van der Waals surface area contributed by atoms with Crippen molar-refractivity contribution in [3.8, 4) is 0 Å². The fourth-order valence-electron chi connectivity index (χ4n) is 4.36. The Kier molecular flexibility index (Phi) is 15.0. The lowest BCUT2D eigenvalue weighted by atomic mass is 9.83. The summed E-state index contributed by atoms with van der Waals surface area (Å²) in [7, 11) is 0. The van der Waals surface area contributed by atoms with Crippen LogP contribution in [0.1, 0.15) is 112 Å². The molecular weight excluding hydrogens is 446 g/mol. The number of aliphatic hydroxyl groups is 1. The van der Waals surface area contributed by atoms with Gasteiger partial charge in [-0.3, -0.25) is 9.59 Å². The number of carbonyl (C=O) groups is 3. The Hall–Kier alpha value is -1.83. The van der Waals surface area contributed by atoms with Crippen LogP contribution in [0.2, 0.25) is 0 Å². The van der Waals surface area contributed by atoms with Crippen LogP contribution in [0.4, 0.5) is 4.79 Å². The molecule has 1 aliphatic rings. The number of nitrogens with one attached hydrogen (secondary N) is 3. The van der Waals surface area contributed by atoms with Gasteiger partial charge in [-0.15, -0.1) is 0 Å². The average Bonchev–Trinajstić information content (AvgIpc) is 2.74. The van der Waals surface area contributed by atoms with Crippen molar-refractivity contribution in [1.29, 1.82) is 0 Å². The predicted octanol–water partition coefficient (Wildman–Crippen LogP) is 4.44. The second-order valence-electron chi connectivity index (χ2n) is 11.5. The molecule has 0 saturated heterocycles. The van der Waals surface area contributed by atoms with Gasteiger partial charge < -0.3 is 25.8 Å². The highest BCUT2D eigenvalue weighted by atomic mass is 16.6. The molecule has 0 aliphatic heterocycles. The lowest BCUT2D eigenvalue weighted by molar-refractivity contribution is -0.124. The largest absolute Gasteiger partial charge is 0.444 e. The van der Waals surface area contributed by atoms with Gasteiger partial charge in [0, 0.05) is 19.5 Å². The molecule has 0 spiro atoms. The van der Waals surface area contributed by atoms with Crippen LogP contribution in [0, 0.1) is 11.8 Å². The summed E-state index contributed by atoms with van der Waals surface area (Å²) < 4.78 is 5.37. The summed E-state index contributed by atoms with van der Waals surface area (Å²) in [5.41, 5.74) is -0.628. The standard InChI is InChI=1S/C27H51N3O5/c1-20(2)15-17-29-24(32)14-10-7-11-16-28-25(33)19-23(31)22(18-21-12-8-6-9-13-21)30-26(34)35-27(3,4)5/h20-23,31H,6-19H2,1-5H3,(H,28,33)(H,29,32)(H,30,34)/t22-,23-/m0/s1. The van der Waals surface area contributed by atoms with Crippen molar-refractivity contribution in [3.05, 3.63) is 0 Å². The molecule has 0 bridgehead atoms. The molecule has 0 radical (unpaired) electrons. The predicted molar refractivity (Wildman–Crippen MR) is 139 cm³/mol. The molecule has 1 aliphatic carbocycles. The lowest BCUT2D eigenvalue weighted by Crippen LogP contribution is -2.48. The molecule has 8 heteroatoms. The van der Waals surface area contributed by atoms with Gasteiger partial charge in [0.25, 0.3) is 0 Å². The quantitative estimate of drug-likeness (QED) is 0.250. The minimum absolute atomic E-state index is 0.0640. The monoisotopic (exact) mass is 497 g/mol. The highest BCUT2D eigenvalue weighted by Crippen LogP contribution is 2.28. The van der Waals surface area contributed by atoms with Crippen molar-refractivity contribution in [2.24, 2.45) is 11.8 Å². The van der Waals surface area contributed by atoms with E-state index in [1.54, 1.807) is 20.8 Å². The van der Waals surface area contributed by atoms with E-state index in [4.69, 9.17) is 4.74 Å².